The van der Waals surface area contributed by atoms with Crippen LogP contribution in [0.2, 0.25) is 0 Å². The van der Waals surface area contributed by atoms with Crippen LogP contribution in [0.15, 0.2) is 36.7 Å². The molecule has 3 rings (SSSR count). The molecule has 1 aromatic heterocycles. The van der Waals surface area contributed by atoms with Gasteiger partial charge < -0.3 is 16.6 Å². The van der Waals surface area contributed by atoms with Crippen molar-refractivity contribution in [1.82, 2.24) is 11.1 Å². The molecule has 1 aliphatic heterocycles. The second-order valence-corrected chi connectivity index (χ2v) is 4.75. The van der Waals surface area contributed by atoms with Crippen molar-refractivity contribution in [1.29, 1.82) is 0 Å². The van der Waals surface area contributed by atoms with Crippen LogP contribution in [0, 0.1) is 6.92 Å². The molecule has 1 aliphatic rings. The molecule has 0 spiro atoms. The molecule has 100 valence electrons. The Balaban J connectivity index is 0.00000133. The molecule has 19 heavy (non-hydrogen) atoms. The third-order valence-electron chi connectivity index (χ3n) is 3.36. The highest BCUT2D eigenvalue weighted by Crippen LogP contribution is 2.34. The second kappa shape index (κ2) is 5.38. The molecular weight excluding hydrogens is 238 g/mol. The number of hydrogen-bond donors (Lipinski definition) is 2. The predicted octanol–water partition coefficient (Wildman–Crippen LogP) is 2.48. The molecule has 4 nitrogen and oxygen atoms in total. The van der Waals surface area contributed by atoms with E-state index in [2.05, 4.69) is 18.0 Å². The Bertz CT molecular complexity index is 583. The van der Waals surface area contributed by atoms with Crippen molar-refractivity contribution in [3.63, 3.8) is 0 Å². The van der Waals surface area contributed by atoms with E-state index in [0.29, 0.717) is 6.61 Å². The van der Waals surface area contributed by atoms with Crippen LogP contribution in [-0.2, 0) is 6.42 Å². The van der Waals surface area contributed by atoms with Crippen LogP contribution in [0.1, 0.15) is 11.1 Å². The number of hydrogen-bond acceptors (Lipinski definition) is 4. The SMILES string of the molecule is Cc1cnccc1-c1cccc2c1C[C@H](N)CO2.N. The van der Waals surface area contributed by atoms with Gasteiger partial charge in [0.15, 0.2) is 0 Å². The fraction of sp³-hybridized carbons (Fsp3) is 0.267. The van der Waals surface area contributed by atoms with Gasteiger partial charge in [-0.25, -0.2) is 0 Å². The molecule has 2 heterocycles. The molecule has 1 atom stereocenters. The van der Waals surface area contributed by atoms with Gasteiger partial charge in [-0.2, -0.15) is 0 Å². The molecule has 1 aromatic carbocycles. The zero-order chi connectivity index (χ0) is 12.5. The van der Waals surface area contributed by atoms with Crippen LogP contribution in [0.25, 0.3) is 11.1 Å². The van der Waals surface area contributed by atoms with E-state index in [1.807, 2.05) is 30.6 Å². The smallest absolute Gasteiger partial charge is 0.123 e. The summed E-state index contributed by atoms with van der Waals surface area (Å²) in [5.74, 6) is 0.963. The first-order valence-corrected chi connectivity index (χ1v) is 6.17. The van der Waals surface area contributed by atoms with Gasteiger partial charge in [-0.15, -0.1) is 0 Å². The van der Waals surface area contributed by atoms with Crippen LogP contribution in [0.5, 0.6) is 5.75 Å². The summed E-state index contributed by atoms with van der Waals surface area (Å²) < 4.78 is 5.70. The van der Waals surface area contributed by atoms with Gasteiger partial charge in [-0.1, -0.05) is 12.1 Å². The Morgan fingerprint density at radius 2 is 2.11 bits per heavy atom. The number of nitrogens with zero attached hydrogens (tertiary/aromatic N) is 1. The zero-order valence-corrected chi connectivity index (χ0v) is 11.1. The van der Waals surface area contributed by atoms with Gasteiger partial charge in [0.25, 0.3) is 0 Å². The molecule has 4 heteroatoms. The van der Waals surface area contributed by atoms with Crippen molar-refractivity contribution in [2.75, 3.05) is 6.61 Å². The highest BCUT2D eigenvalue weighted by Gasteiger charge is 2.20. The minimum absolute atomic E-state index is 0. The minimum Gasteiger partial charge on any atom is -0.492 e. The molecule has 0 aliphatic carbocycles. The van der Waals surface area contributed by atoms with Crippen LogP contribution >= 0.6 is 0 Å². The van der Waals surface area contributed by atoms with Crippen molar-refractivity contribution < 1.29 is 4.74 Å². The molecular formula is C15H19N3O. The minimum atomic E-state index is 0. The maximum atomic E-state index is 6.00. The highest BCUT2D eigenvalue weighted by molar-refractivity contribution is 5.72. The number of aromatic nitrogens is 1. The van der Waals surface area contributed by atoms with Crippen LogP contribution in [0.3, 0.4) is 0 Å². The number of rotatable bonds is 1. The number of pyridine rings is 1. The lowest BCUT2D eigenvalue weighted by Gasteiger charge is -2.25. The fourth-order valence-electron chi connectivity index (χ4n) is 2.46. The number of ether oxygens (including phenoxy) is 1. The Morgan fingerprint density at radius 3 is 2.89 bits per heavy atom. The summed E-state index contributed by atoms with van der Waals surface area (Å²) >= 11 is 0. The third kappa shape index (κ3) is 2.45. The summed E-state index contributed by atoms with van der Waals surface area (Å²) in [6.07, 6.45) is 4.58. The fourth-order valence-corrected chi connectivity index (χ4v) is 2.46. The number of fused-ring (bicyclic) bond motifs is 1. The number of nitrogens with two attached hydrogens (primary N) is 1. The van der Waals surface area contributed by atoms with E-state index < -0.39 is 0 Å². The van der Waals surface area contributed by atoms with Gasteiger partial charge >= 0.3 is 0 Å². The summed E-state index contributed by atoms with van der Waals surface area (Å²) in [6.45, 7) is 2.68. The lowest BCUT2D eigenvalue weighted by molar-refractivity contribution is 0.264. The first-order valence-electron chi connectivity index (χ1n) is 6.17. The Hall–Kier alpha value is -1.91. The maximum absolute atomic E-state index is 6.00. The number of aryl methyl sites for hydroxylation is 1. The van der Waals surface area contributed by atoms with Crippen molar-refractivity contribution in [3.8, 4) is 16.9 Å². The molecule has 5 N–H and O–H groups in total. The van der Waals surface area contributed by atoms with Crippen molar-refractivity contribution in [2.45, 2.75) is 19.4 Å². The first kappa shape index (κ1) is 13.5. The van der Waals surface area contributed by atoms with Crippen molar-refractivity contribution >= 4 is 0 Å². The van der Waals surface area contributed by atoms with E-state index in [4.69, 9.17) is 10.5 Å². The van der Waals surface area contributed by atoms with Gasteiger partial charge in [0.1, 0.15) is 12.4 Å². The molecule has 0 saturated carbocycles. The van der Waals surface area contributed by atoms with Gasteiger partial charge in [0.05, 0.1) is 0 Å². The molecule has 2 aromatic rings. The summed E-state index contributed by atoms with van der Waals surface area (Å²) in [5.41, 5.74) is 10.8. The van der Waals surface area contributed by atoms with E-state index in [-0.39, 0.29) is 12.2 Å². The molecule has 0 fully saturated rings. The molecule has 0 amide bonds. The lowest BCUT2D eigenvalue weighted by Crippen LogP contribution is -2.34. The number of benzene rings is 1. The van der Waals surface area contributed by atoms with Gasteiger partial charge in [-0.05, 0) is 42.2 Å². The van der Waals surface area contributed by atoms with Crippen molar-refractivity contribution in [2.24, 2.45) is 5.73 Å². The monoisotopic (exact) mass is 257 g/mol. The molecule has 0 unspecified atom stereocenters. The van der Waals surface area contributed by atoms with Gasteiger partial charge in [0.2, 0.25) is 0 Å². The summed E-state index contributed by atoms with van der Waals surface area (Å²) in [4.78, 5) is 4.14. The Morgan fingerprint density at radius 1 is 1.26 bits per heavy atom. The summed E-state index contributed by atoms with van der Waals surface area (Å²) in [7, 11) is 0. The van der Waals surface area contributed by atoms with E-state index in [1.165, 1.54) is 22.3 Å². The van der Waals surface area contributed by atoms with Crippen LogP contribution < -0.4 is 16.6 Å². The summed E-state index contributed by atoms with van der Waals surface area (Å²) in [5, 5.41) is 0. The van der Waals surface area contributed by atoms with E-state index in [1.54, 1.807) is 0 Å². The molecule has 0 bridgehead atoms. The van der Waals surface area contributed by atoms with Gasteiger partial charge in [-0.3, -0.25) is 4.98 Å². The van der Waals surface area contributed by atoms with Crippen LogP contribution in [-0.4, -0.2) is 17.6 Å². The largest absolute Gasteiger partial charge is 0.492 e. The van der Waals surface area contributed by atoms with E-state index >= 15 is 0 Å². The second-order valence-electron chi connectivity index (χ2n) is 4.75. The highest BCUT2D eigenvalue weighted by atomic mass is 16.5. The van der Waals surface area contributed by atoms with Gasteiger partial charge in [0, 0.05) is 24.0 Å². The Labute approximate surface area is 113 Å². The normalized spacial score (nSPS) is 17.1. The standard InChI is InChI=1S/C15H16N2O.H3N/c1-10-8-17-6-5-12(10)13-3-2-4-15-14(13)7-11(16)9-18-15;/h2-6,8,11H,7,9,16H2,1H3;1H3/t11-;/m0./s1. The predicted molar refractivity (Wildman–Crippen MR) is 76.6 cm³/mol. The zero-order valence-electron chi connectivity index (χ0n) is 11.1. The molecule has 0 saturated heterocycles. The Kier molecular flexibility index (Phi) is 3.83. The molecule has 0 radical (unpaired) electrons. The quantitative estimate of drug-likeness (QED) is 0.822. The summed E-state index contributed by atoms with van der Waals surface area (Å²) in [6, 6.07) is 8.31. The average Bonchev–Trinajstić information content (AvgIpc) is 2.39. The third-order valence-corrected chi connectivity index (χ3v) is 3.36. The first-order chi connectivity index (χ1) is 8.75. The maximum Gasteiger partial charge on any atom is 0.123 e. The lowest BCUT2D eigenvalue weighted by atomic mass is 9.92. The van der Waals surface area contributed by atoms with E-state index in [0.717, 1.165) is 12.2 Å². The van der Waals surface area contributed by atoms with Crippen LogP contribution in [0.4, 0.5) is 0 Å². The van der Waals surface area contributed by atoms with E-state index in [9.17, 15) is 0 Å². The van der Waals surface area contributed by atoms with Crippen molar-refractivity contribution in [3.05, 3.63) is 47.8 Å². The average molecular weight is 257 g/mol. The topological polar surface area (TPSA) is 83.1 Å².